The minimum Gasteiger partial charge on any atom is -0.501 e. The second-order valence-electron chi connectivity index (χ2n) is 3.04. The van der Waals surface area contributed by atoms with Gasteiger partial charge in [0.2, 0.25) is 0 Å². The topological polar surface area (TPSA) is 76.1 Å². The van der Waals surface area contributed by atoms with Crippen LogP contribution >= 0.6 is 0 Å². The van der Waals surface area contributed by atoms with Crippen molar-refractivity contribution < 1.29 is 9.53 Å². The van der Waals surface area contributed by atoms with E-state index >= 15 is 0 Å². The molecule has 0 heterocycles. The van der Waals surface area contributed by atoms with E-state index in [2.05, 4.69) is 0 Å². The Bertz CT molecular complexity index is 348. The van der Waals surface area contributed by atoms with Crippen LogP contribution in [0.4, 0.5) is 0 Å². The SMILES string of the molecule is COC1=C/C(=C(/C#N)C(N)=O)CCC1. The molecule has 4 nitrogen and oxygen atoms in total. The molecule has 1 aliphatic carbocycles. The quantitative estimate of drug-likeness (QED) is 0.524. The fourth-order valence-electron chi connectivity index (χ4n) is 1.44. The normalized spacial score (nSPS) is 19.3. The molecule has 0 bridgehead atoms. The molecule has 0 atom stereocenters. The summed E-state index contributed by atoms with van der Waals surface area (Å²) in [6, 6.07) is 1.82. The van der Waals surface area contributed by atoms with Crippen LogP contribution in [0, 0.1) is 11.3 Å². The maximum absolute atomic E-state index is 10.9. The highest BCUT2D eigenvalue weighted by Gasteiger charge is 2.15. The van der Waals surface area contributed by atoms with Crippen molar-refractivity contribution in [1.29, 1.82) is 5.26 Å². The monoisotopic (exact) mass is 192 g/mol. The average Bonchev–Trinajstić information content (AvgIpc) is 2.19. The third-order valence-corrected chi connectivity index (χ3v) is 2.15. The zero-order valence-corrected chi connectivity index (χ0v) is 8.04. The van der Waals surface area contributed by atoms with Crippen molar-refractivity contribution in [3.8, 4) is 6.07 Å². The number of hydrogen-bond donors (Lipinski definition) is 1. The van der Waals surface area contributed by atoms with Gasteiger partial charge < -0.3 is 10.5 Å². The van der Waals surface area contributed by atoms with Crippen molar-refractivity contribution in [3.05, 3.63) is 23.0 Å². The first-order chi connectivity index (χ1) is 6.69. The van der Waals surface area contributed by atoms with Crippen molar-refractivity contribution in [1.82, 2.24) is 0 Å². The molecular formula is C10H12N2O2. The zero-order chi connectivity index (χ0) is 10.6. The summed E-state index contributed by atoms with van der Waals surface area (Å²) in [5, 5.41) is 8.73. The second-order valence-corrected chi connectivity index (χ2v) is 3.04. The van der Waals surface area contributed by atoms with Gasteiger partial charge in [0.25, 0.3) is 5.91 Å². The molecule has 0 aromatic rings. The molecule has 0 aromatic heterocycles. The summed E-state index contributed by atoms with van der Waals surface area (Å²) in [7, 11) is 1.57. The lowest BCUT2D eigenvalue weighted by molar-refractivity contribution is -0.114. The van der Waals surface area contributed by atoms with Gasteiger partial charge in [0.15, 0.2) is 0 Å². The summed E-state index contributed by atoms with van der Waals surface area (Å²) in [6.45, 7) is 0. The maximum Gasteiger partial charge on any atom is 0.259 e. The largest absolute Gasteiger partial charge is 0.501 e. The lowest BCUT2D eigenvalue weighted by Crippen LogP contribution is -2.15. The number of nitrogens with two attached hydrogens (primary N) is 1. The van der Waals surface area contributed by atoms with E-state index in [0.29, 0.717) is 12.0 Å². The molecule has 74 valence electrons. The number of nitriles is 1. The summed E-state index contributed by atoms with van der Waals surface area (Å²) in [5.74, 6) is 0.122. The van der Waals surface area contributed by atoms with Gasteiger partial charge in [-0.15, -0.1) is 0 Å². The second kappa shape index (κ2) is 4.47. The minimum atomic E-state index is -0.670. The van der Waals surface area contributed by atoms with Crippen LogP contribution in [-0.4, -0.2) is 13.0 Å². The summed E-state index contributed by atoms with van der Waals surface area (Å²) in [5.41, 5.74) is 5.80. The number of hydrogen-bond acceptors (Lipinski definition) is 3. The fourth-order valence-corrected chi connectivity index (χ4v) is 1.44. The molecule has 0 radical (unpaired) electrons. The summed E-state index contributed by atoms with van der Waals surface area (Å²) < 4.78 is 5.06. The zero-order valence-electron chi connectivity index (χ0n) is 8.04. The first-order valence-electron chi connectivity index (χ1n) is 4.36. The highest BCUT2D eigenvalue weighted by Crippen LogP contribution is 2.24. The minimum absolute atomic E-state index is 0.0410. The molecule has 0 saturated carbocycles. The molecule has 1 aliphatic rings. The smallest absolute Gasteiger partial charge is 0.259 e. The van der Waals surface area contributed by atoms with Crippen LogP contribution in [0.1, 0.15) is 19.3 Å². The van der Waals surface area contributed by atoms with Crippen LogP contribution in [0.2, 0.25) is 0 Å². The number of ether oxygens (including phenoxy) is 1. The van der Waals surface area contributed by atoms with E-state index in [9.17, 15) is 4.79 Å². The highest BCUT2D eigenvalue weighted by molar-refractivity contribution is 5.97. The molecule has 0 aliphatic heterocycles. The predicted octanol–water partition coefficient (Wildman–Crippen LogP) is 1.01. The first kappa shape index (κ1) is 10.3. The number of rotatable bonds is 2. The Kier molecular flexibility index (Phi) is 3.29. The summed E-state index contributed by atoms with van der Waals surface area (Å²) >= 11 is 0. The van der Waals surface area contributed by atoms with E-state index in [-0.39, 0.29) is 5.57 Å². The van der Waals surface area contributed by atoms with E-state index in [4.69, 9.17) is 15.7 Å². The predicted molar refractivity (Wildman–Crippen MR) is 50.8 cm³/mol. The summed E-state index contributed by atoms with van der Waals surface area (Å²) in [6.07, 6.45) is 4.16. The lowest BCUT2D eigenvalue weighted by Gasteiger charge is -2.14. The number of carbonyl (C=O) groups excluding carboxylic acids is 1. The van der Waals surface area contributed by atoms with Gasteiger partial charge in [-0.25, -0.2) is 0 Å². The number of allylic oxidation sites excluding steroid dienone is 3. The Balaban J connectivity index is 3.07. The molecule has 4 heteroatoms. The van der Waals surface area contributed by atoms with Crippen LogP contribution in [-0.2, 0) is 9.53 Å². The van der Waals surface area contributed by atoms with Gasteiger partial charge in [-0.1, -0.05) is 0 Å². The van der Waals surface area contributed by atoms with Crippen LogP contribution in [0.25, 0.3) is 0 Å². The van der Waals surface area contributed by atoms with Crippen molar-refractivity contribution in [2.75, 3.05) is 7.11 Å². The van der Waals surface area contributed by atoms with Crippen molar-refractivity contribution >= 4 is 5.91 Å². The Labute approximate surface area is 82.6 Å². The van der Waals surface area contributed by atoms with Gasteiger partial charge in [0.1, 0.15) is 11.6 Å². The van der Waals surface area contributed by atoms with Gasteiger partial charge in [0, 0.05) is 6.42 Å². The molecule has 1 rings (SSSR count). The van der Waals surface area contributed by atoms with E-state index < -0.39 is 5.91 Å². The molecule has 0 aromatic carbocycles. The summed E-state index contributed by atoms with van der Waals surface area (Å²) in [4.78, 5) is 10.9. The van der Waals surface area contributed by atoms with E-state index in [0.717, 1.165) is 18.6 Å². The Hall–Kier alpha value is -1.76. The third-order valence-electron chi connectivity index (χ3n) is 2.15. The first-order valence-corrected chi connectivity index (χ1v) is 4.36. The molecular weight excluding hydrogens is 180 g/mol. The highest BCUT2D eigenvalue weighted by atomic mass is 16.5. The number of amides is 1. The Morgan fingerprint density at radius 2 is 2.36 bits per heavy atom. The van der Waals surface area contributed by atoms with E-state index in [1.807, 2.05) is 6.07 Å². The molecule has 0 spiro atoms. The lowest BCUT2D eigenvalue weighted by atomic mass is 9.96. The van der Waals surface area contributed by atoms with Gasteiger partial charge in [-0.3, -0.25) is 4.79 Å². The molecule has 0 fully saturated rings. The molecule has 0 saturated heterocycles. The molecule has 0 unspecified atom stereocenters. The molecule has 1 amide bonds. The van der Waals surface area contributed by atoms with Crippen molar-refractivity contribution in [2.45, 2.75) is 19.3 Å². The van der Waals surface area contributed by atoms with Crippen molar-refractivity contribution in [3.63, 3.8) is 0 Å². The Morgan fingerprint density at radius 3 is 2.86 bits per heavy atom. The number of methoxy groups -OCH3 is 1. The van der Waals surface area contributed by atoms with Crippen LogP contribution < -0.4 is 5.73 Å². The van der Waals surface area contributed by atoms with E-state index in [1.165, 1.54) is 0 Å². The maximum atomic E-state index is 10.9. The van der Waals surface area contributed by atoms with Gasteiger partial charge in [-0.05, 0) is 24.5 Å². The van der Waals surface area contributed by atoms with Crippen LogP contribution in [0.15, 0.2) is 23.0 Å². The fraction of sp³-hybridized carbons (Fsp3) is 0.400. The van der Waals surface area contributed by atoms with Crippen LogP contribution in [0.3, 0.4) is 0 Å². The van der Waals surface area contributed by atoms with Gasteiger partial charge >= 0.3 is 0 Å². The molecule has 14 heavy (non-hydrogen) atoms. The third kappa shape index (κ3) is 2.13. The number of primary amides is 1. The number of carbonyl (C=O) groups is 1. The van der Waals surface area contributed by atoms with Crippen molar-refractivity contribution in [2.24, 2.45) is 5.73 Å². The standard InChI is InChI=1S/C10H12N2O2/c1-14-8-4-2-3-7(5-8)9(6-11)10(12)13/h5H,2-4H2,1H3,(H2,12,13)/b9-7-. The van der Waals surface area contributed by atoms with E-state index in [1.54, 1.807) is 13.2 Å². The van der Waals surface area contributed by atoms with Gasteiger partial charge in [-0.2, -0.15) is 5.26 Å². The number of nitrogens with zero attached hydrogens (tertiary/aromatic N) is 1. The Morgan fingerprint density at radius 1 is 1.64 bits per heavy atom. The van der Waals surface area contributed by atoms with Crippen LogP contribution in [0.5, 0.6) is 0 Å². The molecule has 2 N–H and O–H groups in total. The van der Waals surface area contributed by atoms with Gasteiger partial charge in [0.05, 0.1) is 12.9 Å². The average molecular weight is 192 g/mol.